The van der Waals surface area contributed by atoms with E-state index in [2.05, 4.69) is 25.9 Å². The summed E-state index contributed by atoms with van der Waals surface area (Å²) in [5.41, 5.74) is 0.888. The minimum Gasteiger partial charge on any atom is -0.356 e. The lowest BCUT2D eigenvalue weighted by Gasteiger charge is -2.32. The van der Waals surface area contributed by atoms with Crippen LogP contribution in [0.25, 0.3) is 11.0 Å². The molecule has 0 saturated carbocycles. The number of hydrogen-bond donors (Lipinski definition) is 1. The van der Waals surface area contributed by atoms with Gasteiger partial charge in [-0.25, -0.2) is 9.97 Å². The van der Waals surface area contributed by atoms with Gasteiger partial charge in [-0.05, 0) is 24.8 Å². The molecule has 1 N–H and O–H groups in total. The number of aromatic nitrogens is 3. The Hall–Kier alpha value is -2.09. The quantitative estimate of drug-likeness (QED) is 0.874. The zero-order valence-electron chi connectivity index (χ0n) is 10.1. The van der Waals surface area contributed by atoms with Crippen molar-refractivity contribution >= 4 is 16.9 Å². The van der Waals surface area contributed by atoms with Crippen molar-refractivity contribution in [1.82, 2.24) is 15.0 Å². The van der Waals surface area contributed by atoms with Gasteiger partial charge in [0.25, 0.3) is 0 Å². The highest BCUT2D eigenvalue weighted by molar-refractivity contribution is 5.87. The van der Waals surface area contributed by atoms with Gasteiger partial charge < -0.3 is 9.88 Å². The smallest absolute Gasteiger partial charge is 0.142 e. The van der Waals surface area contributed by atoms with Crippen LogP contribution in [0.2, 0.25) is 0 Å². The SMILES string of the molecule is N#CCC1CCN(c2ncnc3[nH]ccc23)CC1. The second-order valence-electron chi connectivity index (χ2n) is 4.73. The van der Waals surface area contributed by atoms with Crippen LogP contribution >= 0.6 is 0 Å². The third-order valence-corrected chi connectivity index (χ3v) is 3.63. The molecule has 1 aliphatic rings. The van der Waals surface area contributed by atoms with E-state index in [1.54, 1.807) is 6.33 Å². The highest BCUT2D eigenvalue weighted by Crippen LogP contribution is 2.27. The summed E-state index contributed by atoms with van der Waals surface area (Å²) in [6, 6.07) is 4.29. The minimum absolute atomic E-state index is 0.551. The summed E-state index contributed by atoms with van der Waals surface area (Å²) in [5, 5.41) is 9.81. The van der Waals surface area contributed by atoms with Crippen LogP contribution in [-0.4, -0.2) is 28.0 Å². The molecule has 3 heterocycles. The van der Waals surface area contributed by atoms with E-state index < -0.39 is 0 Å². The largest absolute Gasteiger partial charge is 0.356 e. The summed E-state index contributed by atoms with van der Waals surface area (Å²) in [6.45, 7) is 1.95. The van der Waals surface area contributed by atoms with Gasteiger partial charge in [0, 0.05) is 25.7 Å². The predicted molar refractivity (Wildman–Crippen MR) is 69.1 cm³/mol. The summed E-state index contributed by atoms with van der Waals surface area (Å²) < 4.78 is 0. The number of hydrogen-bond acceptors (Lipinski definition) is 4. The number of aromatic amines is 1. The Balaban J connectivity index is 1.80. The fourth-order valence-electron chi connectivity index (χ4n) is 2.59. The molecule has 0 aromatic carbocycles. The molecule has 2 aromatic heterocycles. The van der Waals surface area contributed by atoms with Crippen LogP contribution in [0.15, 0.2) is 18.6 Å². The maximum absolute atomic E-state index is 8.73. The van der Waals surface area contributed by atoms with E-state index >= 15 is 0 Å². The third-order valence-electron chi connectivity index (χ3n) is 3.63. The van der Waals surface area contributed by atoms with E-state index in [4.69, 9.17) is 5.26 Å². The van der Waals surface area contributed by atoms with E-state index in [-0.39, 0.29) is 0 Å². The summed E-state index contributed by atoms with van der Waals surface area (Å²) in [4.78, 5) is 14.0. The molecular formula is C13H15N5. The van der Waals surface area contributed by atoms with E-state index in [1.165, 1.54) is 0 Å². The van der Waals surface area contributed by atoms with Gasteiger partial charge in [-0.2, -0.15) is 5.26 Å². The monoisotopic (exact) mass is 241 g/mol. The van der Waals surface area contributed by atoms with Gasteiger partial charge in [-0.15, -0.1) is 0 Å². The predicted octanol–water partition coefficient (Wildman–Crippen LogP) is 2.09. The molecule has 3 rings (SSSR count). The fraction of sp³-hybridized carbons (Fsp3) is 0.462. The molecule has 5 heteroatoms. The maximum Gasteiger partial charge on any atom is 0.142 e. The Labute approximate surface area is 105 Å². The van der Waals surface area contributed by atoms with Crippen LogP contribution in [-0.2, 0) is 0 Å². The zero-order valence-corrected chi connectivity index (χ0v) is 10.1. The van der Waals surface area contributed by atoms with Crippen LogP contribution in [0.5, 0.6) is 0 Å². The highest BCUT2D eigenvalue weighted by atomic mass is 15.2. The number of nitrogens with zero attached hydrogens (tertiary/aromatic N) is 4. The standard InChI is InChI=1S/C13H15N5/c14-5-1-10-3-7-18(8-4-10)13-11-2-6-15-12(11)16-9-17-13/h2,6,9-10H,1,3-4,7-8H2,(H,15,16,17). The van der Waals surface area contributed by atoms with Crippen molar-refractivity contribution in [3.05, 3.63) is 18.6 Å². The molecule has 0 atom stereocenters. The Morgan fingerprint density at radius 2 is 2.22 bits per heavy atom. The molecule has 2 aromatic rings. The van der Waals surface area contributed by atoms with Crippen LogP contribution in [0.4, 0.5) is 5.82 Å². The molecule has 1 aliphatic heterocycles. The average molecular weight is 241 g/mol. The number of piperidine rings is 1. The summed E-state index contributed by atoms with van der Waals surface area (Å²) in [6.07, 6.45) is 6.32. The normalized spacial score (nSPS) is 16.9. The van der Waals surface area contributed by atoms with Gasteiger partial charge in [-0.3, -0.25) is 0 Å². The van der Waals surface area contributed by atoms with E-state index in [0.717, 1.165) is 42.8 Å². The highest BCUT2D eigenvalue weighted by Gasteiger charge is 2.21. The molecular weight excluding hydrogens is 226 g/mol. The van der Waals surface area contributed by atoms with E-state index in [1.807, 2.05) is 12.3 Å². The molecule has 0 aliphatic carbocycles. The maximum atomic E-state index is 8.73. The Morgan fingerprint density at radius 3 is 3.00 bits per heavy atom. The number of fused-ring (bicyclic) bond motifs is 1. The topological polar surface area (TPSA) is 68.6 Å². The number of anilines is 1. The van der Waals surface area contributed by atoms with Crippen molar-refractivity contribution in [2.24, 2.45) is 5.92 Å². The number of nitriles is 1. The summed E-state index contributed by atoms with van der Waals surface area (Å²) in [7, 11) is 0. The van der Waals surface area contributed by atoms with Crippen molar-refractivity contribution in [3.63, 3.8) is 0 Å². The summed E-state index contributed by atoms with van der Waals surface area (Å²) >= 11 is 0. The number of rotatable bonds is 2. The van der Waals surface area contributed by atoms with Crippen LogP contribution in [0.3, 0.4) is 0 Å². The molecule has 1 fully saturated rings. The van der Waals surface area contributed by atoms with Gasteiger partial charge in [-0.1, -0.05) is 0 Å². The van der Waals surface area contributed by atoms with Crippen molar-refractivity contribution < 1.29 is 0 Å². The lowest BCUT2D eigenvalue weighted by atomic mass is 9.94. The molecule has 0 spiro atoms. The molecule has 0 amide bonds. The van der Waals surface area contributed by atoms with Gasteiger partial charge in [0.2, 0.25) is 0 Å². The second-order valence-corrected chi connectivity index (χ2v) is 4.73. The second kappa shape index (κ2) is 4.65. The molecule has 5 nitrogen and oxygen atoms in total. The van der Waals surface area contributed by atoms with Gasteiger partial charge in [0.15, 0.2) is 0 Å². The first kappa shape index (κ1) is 11.0. The average Bonchev–Trinajstić information content (AvgIpc) is 2.88. The van der Waals surface area contributed by atoms with Gasteiger partial charge in [0.05, 0.1) is 11.5 Å². The van der Waals surface area contributed by atoms with E-state index in [9.17, 15) is 0 Å². The Morgan fingerprint density at radius 1 is 1.39 bits per heavy atom. The van der Waals surface area contributed by atoms with Crippen molar-refractivity contribution in [3.8, 4) is 6.07 Å². The lowest BCUT2D eigenvalue weighted by molar-refractivity contribution is 0.411. The Bertz CT molecular complexity index is 574. The zero-order chi connectivity index (χ0) is 12.4. The van der Waals surface area contributed by atoms with Crippen LogP contribution < -0.4 is 4.90 Å². The van der Waals surface area contributed by atoms with Crippen molar-refractivity contribution in [2.75, 3.05) is 18.0 Å². The minimum atomic E-state index is 0.551. The lowest BCUT2D eigenvalue weighted by Crippen LogP contribution is -2.34. The van der Waals surface area contributed by atoms with Gasteiger partial charge >= 0.3 is 0 Å². The first-order chi connectivity index (χ1) is 8.88. The molecule has 0 unspecified atom stereocenters. The van der Waals surface area contributed by atoms with Crippen molar-refractivity contribution in [1.29, 1.82) is 5.26 Å². The number of nitrogens with one attached hydrogen (secondary N) is 1. The van der Waals surface area contributed by atoms with Crippen LogP contribution in [0.1, 0.15) is 19.3 Å². The van der Waals surface area contributed by atoms with Crippen molar-refractivity contribution in [2.45, 2.75) is 19.3 Å². The third kappa shape index (κ3) is 1.90. The molecule has 1 saturated heterocycles. The van der Waals surface area contributed by atoms with Gasteiger partial charge in [0.1, 0.15) is 17.8 Å². The first-order valence-corrected chi connectivity index (χ1v) is 6.28. The fourth-order valence-corrected chi connectivity index (χ4v) is 2.59. The summed E-state index contributed by atoms with van der Waals surface area (Å²) in [5.74, 6) is 1.56. The molecule has 18 heavy (non-hydrogen) atoms. The number of H-pyrrole nitrogens is 1. The Kier molecular flexibility index (Phi) is 2.85. The van der Waals surface area contributed by atoms with E-state index in [0.29, 0.717) is 12.3 Å². The first-order valence-electron chi connectivity index (χ1n) is 6.28. The molecule has 92 valence electrons. The van der Waals surface area contributed by atoms with Crippen LogP contribution in [0, 0.1) is 17.2 Å². The molecule has 0 radical (unpaired) electrons. The molecule has 0 bridgehead atoms.